The lowest BCUT2D eigenvalue weighted by molar-refractivity contribution is 0.0975. The van der Waals surface area contributed by atoms with Crippen molar-refractivity contribution >= 4 is 17.5 Å². The van der Waals surface area contributed by atoms with Crippen LogP contribution >= 0.6 is 11.7 Å². The number of carbonyl (C=O) groups is 1. The van der Waals surface area contributed by atoms with Crippen LogP contribution in [-0.2, 0) is 0 Å². The predicted octanol–water partition coefficient (Wildman–Crippen LogP) is 5.03. The van der Waals surface area contributed by atoms with Crippen molar-refractivity contribution in [3.63, 3.8) is 0 Å². The summed E-state index contributed by atoms with van der Waals surface area (Å²) in [5, 5.41) is 0. The number of unbranched alkanes of at least 4 members (excludes halogenated alkanes) is 9. The summed E-state index contributed by atoms with van der Waals surface area (Å²) in [4.78, 5) is 11.6. The molecule has 3 nitrogen and oxygen atoms in total. The molecule has 108 valence electrons. The minimum absolute atomic E-state index is 0.147. The van der Waals surface area contributed by atoms with Gasteiger partial charge in [-0.3, -0.25) is 4.79 Å². The van der Waals surface area contributed by atoms with Crippen molar-refractivity contribution in [2.45, 2.75) is 77.6 Å². The molecule has 0 aromatic carbocycles. The highest BCUT2D eigenvalue weighted by Gasteiger charge is 2.07. The van der Waals surface area contributed by atoms with Crippen molar-refractivity contribution in [1.82, 2.24) is 8.75 Å². The molecule has 1 heterocycles. The van der Waals surface area contributed by atoms with Gasteiger partial charge in [0.25, 0.3) is 0 Å². The molecule has 1 aromatic rings. The Labute approximate surface area is 121 Å². The summed E-state index contributed by atoms with van der Waals surface area (Å²) in [6, 6.07) is 0. The SMILES string of the molecule is CCCCCCCCCCCCC(=O)c1cnsn1. The van der Waals surface area contributed by atoms with E-state index in [4.69, 9.17) is 0 Å². The fourth-order valence-corrected chi connectivity index (χ4v) is 2.62. The van der Waals surface area contributed by atoms with E-state index in [0.29, 0.717) is 12.1 Å². The zero-order chi connectivity index (χ0) is 13.8. The third-order valence-electron chi connectivity index (χ3n) is 3.40. The van der Waals surface area contributed by atoms with Gasteiger partial charge in [0.15, 0.2) is 5.78 Å². The third-order valence-corrected chi connectivity index (χ3v) is 3.88. The van der Waals surface area contributed by atoms with Gasteiger partial charge in [-0.25, -0.2) is 0 Å². The summed E-state index contributed by atoms with van der Waals surface area (Å²) in [6.45, 7) is 2.25. The highest BCUT2D eigenvalue weighted by molar-refractivity contribution is 6.99. The zero-order valence-corrected chi connectivity index (χ0v) is 12.9. The summed E-state index contributed by atoms with van der Waals surface area (Å²) in [5.41, 5.74) is 0.543. The maximum Gasteiger partial charge on any atom is 0.183 e. The van der Waals surface area contributed by atoms with E-state index in [-0.39, 0.29) is 5.78 Å². The molecule has 0 radical (unpaired) electrons. The number of aromatic nitrogens is 2. The molecule has 0 aliphatic carbocycles. The van der Waals surface area contributed by atoms with Crippen LogP contribution in [-0.4, -0.2) is 14.5 Å². The Balaban J connectivity index is 1.85. The number of rotatable bonds is 12. The van der Waals surface area contributed by atoms with E-state index in [1.165, 1.54) is 51.4 Å². The Morgan fingerprint density at radius 1 is 1.00 bits per heavy atom. The Bertz CT molecular complexity index is 325. The predicted molar refractivity (Wildman–Crippen MR) is 80.7 cm³/mol. The second-order valence-corrected chi connectivity index (χ2v) is 5.70. The molecule has 0 fully saturated rings. The van der Waals surface area contributed by atoms with E-state index in [1.807, 2.05) is 0 Å². The average Bonchev–Trinajstić information content (AvgIpc) is 2.95. The molecule has 0 unspecified atom stereocenters. The van der Waals surface area contributed by atoms with Crippen molar-refractivity contribution in [3.05, 3.63) is 11.9 Å². The first-order valence-electron chi connectivity index (χ1n) is 7.65. The van der Waals surface area contributed by atoms with Gasteiger partial charge in [0.05, 0.1) is 17.9 Å². The molecule has 0 aliphatic heterocycles. The normalized spacial score (nSPS) is 10.8. The molecule has 0 amide bonds. The van der Waals surface area contributed by atoms with Crippen molar-refractivity contribution in [1.29, 1.82) is 0 Å². The number of nitrogens with zero attached hydrogens (tertiary/aromatic N) is 2. The van der Waals surface area contributed by atoms with E-state index >= 15 is 0 Å². The van der Waals surface area contributed by atoms with Gasteiger partial charge in [-0.1, -0.05) is 64.7 Å². The van der Waals surface area contributed by atoms with Gasteiger partial charge in [-0.05, 0) is 6.42 Å². The van der Waals surface area contributed by atoms with Gasteiger partial charge in [-0.2, -0.15) is 8.75 Å². The lowest BCUT2D eigenvalue weighted by Gasteiger charge is -2.01. The quantitative estimate of drug-likeness (QED) is 0.399. The minimum Gasteiger partial charge on any atom is -0.292 e. The van der Waals surface area contributed by atoms with Crippen LogP contribution < -0.4 is 0 Å². The number of hydrogen-bond donors (Lipinski definition) is 0. The number of Topliss-reactive ketones (excluding diaryl/α,β-unsaturated/α-hetero) is 1. The summed E-state index contributed by atoms with van der Waals surface area (Å²) in [5.74, 6) is 0.147. The summed E-state index contributed by atoms with van der Waals surface area (Å²) in [6.07, 6.45) is 15.2. The van der Waals surface area contributed by atoms with Gasteiger partial charge < -0.3 is 0 Å². The van der Waals surface area contributed by atoms with Crippen molar-refractivity contribution in [3.8, 4) is 0 Å². The first kappa shape index (κ1) is 16.3. The molecule has 4 heteroatoms. The van der Waals surface area contributed by atoms with Gasteiger partial charge in [0, 0.05) is 6.42 Å². The van der Waals surface area contributed by atoms with Crippen LogP contribution in [0.25, 0.3) is 0 Å². The molecule has 0 atom stereocenters. The van der Waals surface area contributed by atoms with Crippen LogP contribution in [0.1, 0.15) is 88.0 Å². The van der Waals surface area contributed by atoms with Crippen LogP contribution in [0.2, 0.25) is 0 Å². The lowest BCUT2D eigenvalue weighted by Crippen LogP contribution is -1.98. The summed E-state index contributed by atoms with van der Waals surface area (Å²) >= 11 is 1.11. The first-order chi connectivity index (χ1) is 9.34. The smallest absolute Gasteiger partial charge is 0.183 e. The van der Waals surface area contributed by atoms with Crippen LogP contribution in [0.5, 0.6) is 0 Å². The molecule has 1 rings (SSSR count). The molecule has 1 aromatic heterocycles. The van der Waals surface area contributed by atoms with Crippen LogP contribution in [0.3, 0.4) is 0 Å². The Morgan fingerprint density at radius 2 is 1.58 bits per heavy atom. The van der Waals surface area contributed by atoms with E-state index < -0.39 is 0 Å². The minimum atomic E-state index is 0.147. The third kappa shape index (κ3) is 8.09. The second-order valence-electron chi connectivity index (χ2n) is 5.15. The maximum absolute atomic E-state index is 11.6. The first-order valence-corrected chi connectivity index (χ1v) is 8.38. The van der Waals surface area contributed by atoms with Gasteiger partial charge in [0.1, 0.15) is 5.69 Å². The van der Waals surface area contributed by atoms with E-state index in [1.54, 1.807) is 6.20 Å². The van der Waals surface area contributed by atoms with Crippen molar-refractivity contribution < 1.29 is 4.79 Å². The standard InChI is InChI=1S/C15H26N2OS/c1-2-3-4-5-6-7-8-9-10-11-12-15(18)14-13-16-19-17-14/h13H,2-12H2,1H3. The number of hydrogen-bond acceptors (Lipinski definition) is 4. The van der Waals surface area contributed by atoms with Crippen molar-refractivity contribution in [2.24, 2.45) is 0 Å². The number of ketones is 1. The highest BCUT2D eigenvalue weighted by Crippen LogP contribution is 2.12. The number of carbonyl (C=O) groups excluding carboxylic acids is 1. The monoisotopic (exact) mass is 282 g/mol. The van der Waals surface area contributed by atoms with Gasteiger partial charge >= 0.3 is 0 Å². The molecule has 0 N–H and O–H groups in total. The topological polar surface area (TPSA) is 42.9 Å². The molecule has 0 aliphatic rings. The Kier molecular flexibility index (Phi) is 9.51. The Morgan fingerprint density at radius 3 is 2.11 bits per heavy atom. The van der Waals surface area contributed by atoms with Crippen LogP contribution in [0.4, 0.5) is 0 Å². The second kappa shape index (κ2) is 11.1. The fourth-order valence-electron chi connectivity index (χ4n) is 2.19. The largest absolute Gasteiger partial charge is 0.292 e. The molecule has 0 bridgehead atoms. The van der Waals surface area contributed by atoms with Gasteiger partial charge in [-0.15, -0.1) is 0 Å². The molecule has 0 spiro atoms. The molecular weight excluding hydrogens is 256 g/mol. The average molecular weight is 282 g/mol. The van der Waals surface area contributed by atoms with E-state index in [0.717, 1.165) is 24.6 Å². The molecule has 0 saturated heterocycles. The molecule has 19 heavy (non-hydrogen) atoms. The fraction of sp³-hybridized carbons (Fsp3) is 0.800. The van der Waals surface area contributed by atoms with Crippen LogP contribution in [0, 0.1) is 0 Å². The van der Waals surface area contributed by atoms with Gasteiger partial charge in [0.2, 0.25) is 0 Å². The van der Waals surface area contributed by atoms with E-state index in [9.17, 15) is 4.79 Å². The lowest BCUT2D eigenvalue weighted by atomic mass is 10.0. The zero-order valence-electron chi connectivity index (χ0n) is 12.1. The maximum atomic E-state index is 11.6. The highest BCUT2D eigenvalue weighted by atomic mass is 32.1. The summed E-state index contributed by atoms with van der Waals surface area (Å²) < 4.78 is 7.81. The summed E-state index contributed by atoms with van der Waals surface area (Å²) in [7, 11) is 0. The van der Waals surface area contributed by atoms with Crippen LogP contribution in [0.15, 0.2) is 6.20 Å². The molecule has 0 saturated carbocycles. The van der Waals surface area contributed by atoms with E-state index in [2.05, 4.69) is 15.7 Å². The Hall–Kier alpha value is -0.770. The molecular formula is C15H26N2OS. The van der Waals surface area contributed by atoms with Crippen molar-refractivity contribution in [2.75, 3.05) is 0 Å².